The van der Waals surface area contributed by atoms with Crippen LogP contribution in [0.15, 0.2) is 48.5 Å². The molecule has 0 saturated heterocycles. The van der Waals surface area contributed by atoms with Crippen LogP contribution in [0.5, 0.6) is 5.75 Å². The average Bonchev–Trinajstić information content (AvgIpc) is 2.72. The van der Waals surface area contributed by atoms with E-state index in [2.05, 4.69) is 20.9 Å². The fraction of sp³-hybridized carbons (Fsp3) is 0.318. The molecule has 0 aliphatic heterocycles. The van der Waals surface area contributed by atoms with Crippen molar-refractivity contribution in [3.05, 3.63) is 54.1 Å². The summed E-state index contributed by atoms with van der Waals surface area (Å²) in [6.07, 6.45) is 2.33. The summed E-state index contributed by atoms with van der Waals surface area (Å²) in [5.41, 5.74) is 1.80. The number of carbonyl (C=O) groups is 2. The fourth-order valence-electron chi connectivity index (χ4n) is 2.74. The molecule has 2 amide bonds. The minimum atomic E-state index is -0.358. The maximum Gasteiger partial charge on any atom is 0.261 e. The van der Waals surface area contributed by atoms with E-state index in [4.69, 9.17) is 17.0 Å². The van der Waals surface area contributed by atoms with Crippen LogP contribution >= 0.6 is 24.6 Å². The van der Waals surface area contributed by atoms with E-state index in [1.165, 1.54) is 7.11 Å². The van der Waals surface area contributed by atoms with Crippen LogP contribution in [-0.4, -0.2) is 49.6 Å². The van der Waals surface area contributed by atoms with Crippen molar-refractivity contribution < 1.29 is 14.3 Å². The molecule has 168 valence electrons. The van der Waals surface area contributed by atoms with Crippen LogP contribution in [0.4, 0.5) is 11.4 Å². The molecule has 2 rings (SSSR count). The topological polar surface area (TPSA) is 82.7 Å². The number of amides is 2. The smallest absolute Gasteiger partial charge is 0.261 e. The molecule has 0 aromatic heterocycles. The monoisotopic (exact) mass is 464 g/mol. The highest BCUT2D eigenvalue weighted by Crippen LogP contribution is 2.17. The average molecular weight is 465 g/mol. The summed E-state index contributed by atoms with van der Waals surface area (Å²) in [4.78, 5) is 26.5. The Kier molecular flexibility index (Phi) is 11.6. The Hall–Kier alpha value is -2.68. The molecule has 31 heavy (non-hydrogen) atoms. The van der Waals surface area contributed by atoms with Gasteiger partial charge in [-0.05, 0) is 82.1 Å². The van der Waals surface area contributed by atoms with E-state index in [1.807, 2.05) is 14.1 Å². The van der Waals surface area contributed by atoms with Crippen LogP contribution in [-0.2, 0) is 4.79 Å². The first-order valence-corrected chi connectivity index (χ1v) is 10.1. The Morgan fingerprint density at radius 2 is 1.58 bits per heavy atom. The predicted molar refractivity (Wildman–Crippen MR) is 131 cm³/mol. The van der Waals surface area contributed by atoms with E-state index < -0.39 is 0 Å². The molecule has 0 atom stereocenters. The zero-order valence-corrected chi connectivity index (χ0v) is 19.6. The number of nitrogens with zero attached hydrogens (tertiary/aromatic N) is 1. The summed E-state index contributed by atoms with van der Waals surface area (Å²) in [7, 11) is 5.55. The third-order valence-corrected chi connectivity index (χ3v) is 4.47. The number of carbonyl (C=O) groups excluding carboxylic acids is 2. The lowest BCUT2D eigenvalue weighted by molar-refractivity contribution is -0.116. The summed E-state index contributed by atoms with van der Waals surface area (Å²) in [5, 5.41) is 8.64. The van der Waals surface area contributed by atoms with Crippen molar-refractivity contribution >= 4 is 52.9 Å². The van der Waals surface area contributed by atoms with Crippen molar-refractivity contribution in [1.82, 2.24) is 10.2 Å². The van der Waals surface area contributed by atoms with Gasteiger partial charge in [-0.2, -0.15) is 0 Å². The summed E-state index contributed by atoms with van der Waals surface area (Å²) in [6.45, 7) is 0.973. The van der Waals surface area contributed by atoms with Gasteiger partial charge in [0.1, 0.15) is 5.75 Å². The van der Waals surface area contributed by atoms with E-state index in [0.717, 1.165) is 19.4 Å². The van der Waals surface area contributed by atoms with Crippen LogP contribution in [0.3, 0.4) is 0 Å². The molecular formula is C22H29ClN4O3S. The highest BCUT2D eigenvalue weighted by Gasteiger charge is 2.13. The van der Waals surface area contributed by atoms with Crippen LogP contribution in [0.2, 0.25) is 0 Å². The first kappa shape index (κ1) is 26.4. The number of thiocarbonyl (C=S) groups is 1. The number of nitrogens with one attached hydrogen (secondary N) is 3. The quantitative estimate of drug-likeness (QED) is 0.385. The number of hydrogen-bond donors (Lipinski definition) is 3. The molecule has 0 saturated carbocycles. The lowest BCUT2D eigenvalue weighted by Gasteiger charge is -2.12. The Balaban J connectivity index is 0.00000480. The van der Waals surface area contributed by atoms with Crippen molar-refractivity contribution in [1.29, 1.82) is 0 Å². The minimum absolute atomic E-state index is 0. The molecule has 3 N–H and O–H groups in total. The summed E-state index contributed by atoms with van der Waals surface area (Å²) in [5.74, 6) is 0.108. The fourth-order valence-corrected chi connectivity index (χ4v) is 2.95. The molecule has 0 heterocycles. The van der Waals surface area contributed by atoms with Gasteiger partial charge in [-0.3, -0.25) is 14.9 Å². The van der Waals surface area contributed by atoms with E-state index in [0.29, 0.717) is 29.1 Å². The van der Waals surface area contributed by atoms with E-state index in [1.54, 1.807) is 48.5 Å². The molecule has 2 aromatic rings. The number of benzene rings is 2. The lowest BCUT2D eigenvalue weighted by Crippen LogP contribution is -2.34. The van der Waals surface area contributed by atoms with Crippen LogP contribution < -0.4 is 20.7 Å². The Bertz CT molecular complexity index is 875. The number of ether oxygens (including phenoxy) is 1. The van der Waals surface area contributed by atoms with Crippen LogP contribution in [0.1, 0.15) is 29.6 Å². The van der Waals surface area contributed by atoms with E-state index in [-0.39, 0.29) is 29.3 Å². The predicted octanol–water partition coefficient (Wildman–Crippen LogP) is 3.91. The third-order valence-electron chi connectivity index (χ3n) is 4.26. The van der Waals surface area contributed by atoms with Crippen molar-refractivity contribution in [3.8, 4) is 5.75 Å². The molecule has 9 heteroatoms. The van der Waals surface area contributed by atoms with Crippen molar-refractivity contribution in [2.45, 2.75) is 19.3 Å². The maximum atomic E-state index is 12.4. The van der Waals surface area contributed by atoms with Gasteiger partial charge in [0, 0.05) is 17.8 Å². The van der Waals surface area contributed by atoms with E-state index in [9.17, 15) is 9.59 Å². The second kappa shape index (κ2) is 13.6. The standard InChI is InChI=1S/C22H28N4O3S.ClH/c1-26(2)15-7-6-10-20(27)23-16-11-13-17(14-12-16)24-22(30)25-21(28)18-8-4-5-9-19(18)29-3;/h4-5,8-9,11-14H,6-7,10,15H2,1-3H3,(H,23,27)(H2,24,25,28,30);1H. The SMILES string of the molecule is COc1ccccc1C(=O)NC(=S)Nc1ccc(NC(=O)CCCCN(C)C)cc1.Cl. The van der Waals surface area contributed by atoms with Gasteiger partial charge in [-0.15, -0.1) is 12.4 Å². The molecule has 7 nitrogen and oxygen atoms in total. The largest absolute Gasteiger partial charge is 0.496 e. The number of methoxy groups -OCH3 is 1. The van der Waals surface area contributed by atoms with Gasteiger partial charge in [-0.1, -0.05) is 12.1 Å². The Morgan fingerprint density at radius 3 is 2.19 bits per heavy atom. The summed E-state index contributed by atoms with van der Waals surface area (Å²) >= 11 is 5.22. The number of rotatable bonds is 9. The van der Waals surface area contributed by atoms with Crippen molar-refractivity contribution in [2.75, 3.05) is 38.4 Å². The van der Waals surface area contributed by atoms with Gasteiger partial charge in [0.2, 0.25) is 5.91 Å². The summed E-state index contributed by atoms with van der Waals surface area (Å²) < 4.78 is 5.19. The highest BCUT2D eigenvalue weighted by molar-refractivity contribution is 7.80. The number of para-hydroxylation sites is 1. The highest BCUT2D eigenvalue weighted by atomic mass is 35.5. The van der Waals surface area contributed by atoms with Crippen LogP contribution in [0, 0.1) is 0 Å². The normalized spacial score (nSPS) is 10.1. The molecular weight excluding hydrogens is 436 g/mol. The molecule has 0 bridgehead atoms. The second-order valence-corrected chi connectivity index (χ2v) is 7.40. The Labute approximate surface area is 194 Å². The van der Waals surface area contributed by atoms with Gasteiger partial charge in [-0.25, -0.2) is 0 Å². The lowest BCUT2D eigenvalue weighted by atomic mass is 10.2. The first-order chi connectivity index (χ1) is 14.4. The second-order valence-electron chi connectivity index (χ2n) is 6.99. The number of anilines is 2. The maximum absolute atomic E-state index is 12.4. The van der Waals surface area contributed by atoms with Crippen molar-refractivity contribution in [2.24, 2.45) is 0 Å². The van der Waals surface area contributed by atoms with Gasteiger partial charge in [0.25, 0.3) is 5.91 Å². The van der Waals surface area contributed by atoms with Crippen LogP contribution in [0.25, 0.3) is 0 Å². The summed E-state index contributed by atoms with van der Waals surface area (Å²) in [6, 6.07) is 14.0. The Morgan fingerprint density at radius 1 is 0.968 bits per heavy atom. The zero-order valence-electron chi connectivity index (χ0n) is 17.9. The first-order valence-electron chi connectivity index (χ1n) is 9.69. The zero-order chi connectivity index (χ0) is 21.9. The van der Waals surface area contributed by atoms with Gasteiger partial charge in [0.15, 0.2) is 5.11 Å². The number of hydrogen-bond acceptors (Lipinski definition) is 5. The molecule has 0 fully saturated rings. The molecule has 2 aromatic carbocycles. The molecule has 0 radical (unpaired) electrons. The molecule has 0 unspecified atom stereocenters. The van der Waals surface area contributed by atoms with Gasteiger partial charge in [0.05, 0.1) is 12.7 Å². The molecule has 0 spiro atoms. The third kappa shape index (κ3) is 9.33. The number of unbranched alkanes of at least 4 members (excludes halogenated alkanes) is 1. The number of halogens is 1. The molecule has 0 aliphatic rings. The van der Waals surface area contributed by atoms with Gasteiger partial charge >= 0.3 is 0 Å². The van der Waals surface area contributed by atoms with Gasteiger partial charge < -0.3 is 20.3 Å². The minimum Gasteiger partial charge on any atom is -0.496 e. The molecule has 0 aliphatic carbocycles. The van der Waals surface area contributed by atoms with Crippen molar-refractivity contribution in [3.63, 3.8) is 0 Å². The van der Waals surface area contributed by atoms with E-state index >= 15 is 0 Å².